The molecule has 0 saturated heterocycles. The largest absolute Gasteiger partial charge is 0.380 e. The van der Waals surface area contributed by atoms with Crippen LogP contribution < -0.4 is 0 Å². The van der Waals surface area contributed by atoms with Crippen molar-refractivity contribution in [1.29, 1.82) is 0 Å². The van der Waals surface area contributed by atoms with Gasteiger partial charge in [0, 0.05) is 26.1 Å². The third kappa shape index (κ3) is 7.94. The van der Waals surface area contributed by atoms with Gasteiger partial charge < -0.3 is 9.64 Å². The second-order valence-electron chi connectivity index (χ2n) is 3.08. The molecule has 0 amide bonds. The summed E-state index contributed by atoms with van der Waals surface area (Å²) in [6.07, 6.45) is 0.653. The molecule has 0 unspecified atom stereocenters. The van der Waals surface area contributed by atoms with Crippen LogP contribution >= 0.6 is 0 Å². The topological polar surface area (TPSA) is 29.5 Å². The number of rotatable bonds is 8. The van der Waals surface area contributed by atoms with Gasteiger partial charge in [-0.1, -0.05) is 6.92 Å². The highest BCUT2D eigenvalue weighted by Gasteiger charge is 2.02. The molecule has 13 heavy (non-hydrogen) atoms. The first-order valence-corrected chi connectivity index (χ1v) is 5.00. The molecule has 0 atom stereocenters. The van der Waals surface area contributed by atoms with E-state index in [1.807, 2.05) is 6.92 Å². The van der Waals surface area contributed by atoms with Crippen LogP contribution in [0.25, 0.3) is 0 Å². The number of Topliss-reactive ketones (excluding diaryl/α,β-unsaturated/α-hetero) is 1. The number of hydrogen-bond donors (Lipinski definition) is 0. The molecular weight excluding hydrogens is 166 g/mol. The van der Waals surface area contributed by atoms with Gasteiger partial charge in [-0.05, 0) is 20.4 Å². The van der Waals surface area contributed by atoms with Crippen LogP contribution in [0.5, 0.6) is 0 Å². The molecule has 0 aromatic rings. The Morgan fingerprint density at radius 1 is 1.31 bits per heavy atom. The maximum Gasteiger partial charge on any atom is 0.131 e. The zero-order valence-electron chi connectivity index (χ0n) is 9.01. The van der Waals surface area contributed by atoms with Gasteiger partial charge in [-0.3, -0.25) is 4.79 Å². The van der Waals surface area contributed by atoms with Crippen molar-refractivity contribution in [3.63, 3.8) is 0 Å². The number of ketones is 1. The summed E-state index contributed by atoms with van der Waals surface area (Å²) >= 11 is 0. The minimum absolute atomic E-state index is 0.259. The smallest absolute Gasteiger partial charge is 0.131 e. The summed E-state index contributed by atoms with van der Waals surface area (Å²) in [5, 5.41) is 0. The van der Waals surface area contributed by atoms with Gasteiger partial charge in [0.25, 0.3) is 0 Å². The van der Waals surface area contributed by atoms with Gasteiger partial charge >= 0.3 is 0 Å². The Hall–Kier alpha value is -0.410. The number of hydrogen-bond acceptors (Lipinski definition) is 3. The van der Waals surface area contributed by atoms with E-state index in [2.05, 4.69) is 11.8 Å². The van der Waals surface area contributed by atoms with Crippen LogP contribution in [-0.2, 0) is 9.53 Å². The Bertz CT molecular complexity index is 137. The lowest BCUT2D eigenvalue weighted by atomic mass is 10.3. The Kier molecular flexibility index (Phi) is 7.94. The third-order valence-corrected chi connectivity index (χ3v) is 1.98. The van der Waals surface area contributed by atoms with E-state index < -0.39 is 0 Å². The van der Waals surface area contributed by atoms with Crippen molar-refractivity contribution >= 4 is 5.78 Å². The predicted molar refractivity (Wildman–Crippen MR) is 53.9 cm³/mol. The molecule has 3 heteroatoms. The molecule has 0 aromatic heterocycles. The maximum absolute atomic E-state index is 10.7. The maximum atomic E-state index is 10.7. The van der Waals surface area contributed by atoms with Crippen molar-refractivity contribution in [2.45, 2.75) is 27.2 Å². The average Bonchev–Trinajstić information content (AvgIpc) is 2.10. The molecule has 0 saturated carbocycles. The van der Waals surface area contributed by atoms with Crippen LogP contribution in [0.15, 0.2) is 0 Å². The van der Waals surface area contributed by atoms with Gasteiger partial charge in [0.15, 0.2) is 0 Å². The van der Waals surface area contributed by atoms with Crippen molar-refractivity contribution in [1.82, 2.24) is 4.90 Å². The van der Waals surface area contributed by atoms with Crippen molar-refractivity contribution in [2.24, 2.45) is 0 Å². The van der Waals surface area contributed by atoms with Crippen LogP contribution in [0, 0.1) is 0 Å². The summed E-state index contributed by atoms with van der Waals surface area (Å²) in [6.45, 7) is 10.0. The zero-order valence-corrected chi connectivity index (χ0v) is 9.01. The molecular formula is C10H21NO2. The molecule has 0 radical (unpaired) electrons. The monoisotopic (exact) mass is 187 g/mol. The molecule has 0 N–H and O–H groups in total. The van der Waals surface area contributed by atoms with Crippen molar-refractivity contribution in [3.05, 3.63) is 0 Å². The first-order valence-electron chi connectivity index (χ1n) is 5.00. The van der Waals surface area contributed by atoms with E-state index in [4.69, 9.17) is 4.74 Å². The minimum atomic E-state index is 0.259. The fraction of sp³-hybridized carbons (Fsp3) is 0.900. The van der Waals surface area contributed by atoms with E-state index in [9.17, 15) is 4.79 Å². The Morgan fingerprint density at radius 2 is 2.00 bits per heavy atom. The second kappa shape index (κ2) is 8.20. The van der Waals surface area contributed by atoms with Gasteiger partial charge in [0.05, 0.1) is 6.61 Å². The Labute approximate surface area is 81.1 Å². The van der Waals surface area contributed by atoms with Crippen molar-refractivity contribution < 1.29 is 9.53 Å². The molecule has 0 fully saturated rings. The lowest BCUT2D eigenvalue weighted by Gasteiger charge is -2.19. The lowest BCUT2D eigenvalue weighted by Crippen LogP contribution is -2.29. The molecule has 0 aromatic carbocycles. The number of likely N-dealkylation sites (N-methyl/N-ethyl adjacent to an activating group) is 1. The fourth-order valence-corrected chi connectivity index (χ4v) is 1.08. The highest BCUT2D eigenvalue weighted by atomic mass is 16.5. The van der Waals surface area contributed by atoms with Crippen LogP contribution in [0.2, 0.25) is 0 Å². The highest BCUT2D eigenvalue weighted by molar-refractivity contribution is 5.75. The molecule has 0 spiro atoms. The van der Waals surface area contributed by atoms with E-state index in [-0.39, 0.29) is 5.78 Å². The molecule has 78 valence electrons. The fourth-order valence-electron chi connectivity index (χ4n) is 1.08. The van der Waals surface area contributed by atoms with Crippen LogP contribution in [0.1, 0.15) is 27.2 Å². The zero-order chi connectivity index (χ0) is 10.1. The van der Waals surface area contributed by atoms with Gasteiger partial charge in [0.1, 0.15) is 5.78 Å². The molecule has 0 aliphatic rings. The van der Waals surface area contributed by atoms with Crippen LogP contribution in [0.4, 0.5) is 0 Å². The van der Waals surface area contributed by atoms with E-state index in [1.54, 1.807) is 6.92 Å². The second-order valence-corrected chi connectivity index (χ2v) is 3.08. The SMILES string of the molecule is CCOCCN(CC)CCC(C)=O. The first kappa shape index (κ1) is 12.6. The van der Waals surface area contributed by atoms with Crippen molar-refractivity contribution in [3.8, 4) is 0 Å². The standard InChI is InChI=1S/C10H21NO2/c1-4-11(7-6-10(3)12)8-9-13-5-2/h4-9H2,1-3H3. The molecule has 0 heterocycles. The third-order valence-electron chi connectivity index (χ3n) is 1.98. The summed E-state index contributed by atoms with van der Waals surface area (Å²) in [5.74, 6) is 0.259. The summed E-state index contributed by atoms with van der Waals surface area (Å²) in [4.78, 5) is 13.0. The van der Waals surface area contributed by atoms with E-state index in [0.29, 0.717) is 6.42 Å². The van der Waals surface area contributed by atoms with Gasteiger partial charge in [-0.15, -0.1) is 0 Å². The van der Waals surface area contributed by atoms with Gasteiger partial charge in [-0.25, -0.2) is 0 Å². The quantitative estimate of drug-likeness (QED) is 0.537. The Morgan fingerprint density at radius 3 is 2.46 bits per heavy atom. The average molecular weight is 187 g/mol. The molecule has 3 nitrogen and oxygen atoms in total. The molecule has 0 aliphatic carbocycles. The molecule has 0 aliphatic heterocycles. The Balaban J connectivity index is 3.45. The number of carbonyl (C=O) groups is 1. The highest BCUT2D eigenvalue weighted by Crippen LogP contribution is 1.92. The summed E-state index contributed by atoms with van der Waals surface area (Å²) < 4.78 is 5.25. The van der Waals surface area contributed by atoms with E-state index in [1.165, 1.54) is 0 Å². The number of ether oxygens (including phenoxy) is 1. The van der Waals surface area contributed by atoms with Crippen molar-refractivity contribution in [2.75, 3.05) is 32.8 Å². The molecule has 0 bridgehead atoms. The number of carbonyl (C=O) groups excluding carboxylic acids is 1. The summed E-state index contributed by atoms with van der Waals surface area (Å²) in [5.41, 5.74) is 0. The summed E-state index contributed by atoms with van der Waals surface area (Å²) in [7, 11) is 0. The first-order chi connectivity index (χ1) is 6.20. The number of nitrogens with zero attached hydrogens (tertiary/aromatic N) is 1. The van der Waals surface area contributed by atoms with Gasteiger partial charge in [0.2, 0.25) is 0 Å². The summed E-state index contributed by atoms with van der Waals surface area (Å²) in [6, 6.07) is 0. The van der Waals surface area contributed by atoms with Gasteiger partial charge in [-0.2, -0.15) is 0 Å². The van der Waals surface area contributed by atoms with E-state index in [0.717, 1.165) is 32.8 Å². The van der Waals surface area contributed by atoms with E-state index >= 15 is 0 Å². The molecule has 0 rings (SSSR count). The lowest BCUT2D eigenvalue weighted by molar-refractivity contribution is -0.117. The van der Waals surface area contributed by atoms with Crippen LogP contribution in [-0.4, -0.2) is 43.5 Å². The minimum Gasteiger partial charge on any atom is -0.380 e. The normalized spacial score (nSPS) is 10.8. The predicted octanol–water partition coefficient (Wildman–Crippen LogP) is 1.32. The van der Waals surface area contributed by atoms with Crippen LogP contribution in [0.3, 0.4) is 0 Å².